The molecule has 0 radical (unpaired) electrons. The zero-order valence-electron chi connectivity index (χ0n) is 21.3. The summed E-state index contributed by atoms with van der Waals surface area (Å²) < 4.78 is 0. The lowest BCUT2D eigenvalue weighted by Gasteiger charge is -2.12. The first kappa shape index (κ1) is 25.9. The van der Waals surface area contributed by atoms with Gasteiger partial charge in [0.15, 0.2) is 0 Å². The van der Waals surface area contributed by atoms with Crippen LogP contribution in [0.5, 0.6) is 0 Å². The lowest BCUT2D eigenvalue weighted by atomic mass is 10.0. The maximum absolute atomic E-state index is 12.8. The van der Waals surface area contributed by atoms with Crippen LogP contribution in [0.4, 0.5) is 22.7 Å². The molecule has 0 saturated heterocycles. The molecule has 2 amide bonds. The van der Waals surface area contributed by atoms with Gasteiger partial charge in [-0.15, -0.1) is 0 Å². The van der Waals surface area contributed by atoms with E-state index in [1.807, 2.05) is 76.2 Å². The van der Waals surface area contributed by atoms with Gasteiger partial charge >= 0.3 is 0 Å². The molecule has 0 unspecified atom stereocenters. The molecule has 4 aromatic rings. The first-order chi connectivity index (χ1) is 17.6. The van der Waals surface area contributed by atoms with Gasteiger partial charge in [-0.1, -0.05) is 11.8 Å². The van der Waals surface area contributed by atoms with E-state index in [0.717, 1.165) is 43.4 Å². The van der Waals surface area contributed by atoms with E-state index in [2.05, 4.69) is 10.6 Å². The number of nitrogens with two attached hydrogens (primary N) is 2. The quantitative estimate of drug-likeness (QED) is 0.215. The van der Waals surface area contributed by atoms with E-state index >= 15 is 0 Å². The van der Waals surface area contributed by atoms with Crippen molar-refractivity contribution in [2.75, 3.05) is 22.1 Å². The minimum absolute atomic E-state index is 0.155. The molecule has 0 aliphatic heterocycles. The third kappa shape index (κ3) is 6.13. The molecule has 188 valence electrons. The summed E-state index contributed by atoms with van der Waals surface area (Å²) in [5, 5.41) is 5.93. The molecule has 0 spiro atoms. The Morgan fingerprint density at radius 1 is 0.568 bits per heavy atom. The van der Waals surface area contributed by atoms with Gasteiger partial charge in [-0.25, -0.2) is 0 Å². The van der Waals surface area contributed by atoms with Crippen molar-refractivity contribution >= 4 is 46.3 Å². The fraction of sp³-hybridized carbons (Fsp3) is 0.133. The molecule has 6 nitrogen and oxygen atoms in total. The lowest BCUT2D eigenvalue weighted by Crippen LogP contribution is -2.15. The minimum atomic E-state index is -0.155. The van der Waals surface area contributed by atoms with Crippen molar-refractivity contribution < 1.29 is 9.59 Å². The van der Waals surface area contributed by atoms with Crippen molar-refractivity contribution in [1.82, 2.24) is 0 Å². The predicted octanol–water partition coefficient (Wildman–Crippen LogP) is 6.74. The summed E-state index contributed by atoms with van der Waals surface area (Å²) in [4.78, 5) is 27.7. The molecule has 37 heavy (non-hydrogen) atoms. The highest BCUT2D eigenvalue weighted by molar-refractivity contribution is 7.99. The first-order valence-corrected chi connectivity index (χ1v) is 12.7. The normalized spacial score (nSPS) is 10.7. The number of nitrogen functional groups attached to an aromatic ring is 2. The van der Waals surface area contributed by atoms with Crippen molar-refractivity contribution in [3.63, 3.8) is 0 Å². The number of anilines is 4. The van der Waals surface area contributed by atoms with Gasteiger partial charge in [0.05, 0.1) is 0 Å². The molecule has 0 aliphatic rings. The summed E-state index contributed by atoms with van der Waals surface area (Å²) in [6.07, 6.45) is 0. The lowest BCUT2D eigenvalue weighted by molar-refractivity contribution is 0.101. The zero-order valence-corrected chi connectivity index (χ0v) is 22.1. The molecule has 0 bridgehead atoms. The molecule has 4 aromatic carbocycles. The summed E-state index contributed by atoms with van der Waals surface area (Å²) in [6.45, 7) is 7.53. The van der Waals surface area contributed by atoms with Gasteiger partial charge in [-0.3, -0.25) is 9.59 Å². The number of amides is 2. The molecule has 0 aliphatic carbocycles. The number of nitrogens with one attached hydrogen (secondary N) is 2. The molecular formula is C30H30N4O2S. The molecule has 0 saturated carbocycles. The Labute approximate surface area is 221 Å². The third-order valence-corrected chi connectivity index (χ3v) is 7.04. The highest BCUT2D eigenvalue weighted by Gasteiger charge is 2.15. The van der Waals surface area contributed by atoms with E-state index in [1.165, 1.54) is 0 Å². The van der Waals surface area contributed by atoms with Crippen LogP contribution in [0.3, 0.4) is 0 Å². The Balaban J connectivity index is 1.38. The van der Waals surface area contributed by atoms with Crippen LogP contribution in [0.1, 0.15) is 43.0 Å². The van der Waals surface area contributed by atoms with Gasteiger partial charge in [-0.2, -0.15) is 0 Å². The number of hydrogen-bond donors (Lipinski definition) is 4. The topological polar surface area (TPSA) is 110 Å². The van der Waals surface area contributed by atoms with E-state index in [9.17, 15) is 9.59 Å². The Bertz CT molecular complexity index is 1320. The number of carbonyl (C=O) groups is 2. The summed E-state index contributed by atoms with van der Waals surface area (Å²) in [5.74, 6) is -0.310. The molecule has 6 N–H and O–H groups in total. The number of carbonyl (C=O) groups excluding carboxylic acids is 2. The highest BCUT2D eigenvalue weighted by Crippen LogP contribution is 2.30. The van der Waals surface area contributed by atoms with Crippen molar-refractivity contribution in [2.45, 2.75) is 37.5 Å². The van der Waals surface area contributed by atoms with Crippen molar-refractivity contribution in [1.29, 1.82) is 0 Å². The summed E-state index contributed by atoms with van der Waals surface area (Å²) in [7, 11) is 0. The fourth-order valence-corrected chi connectivity index (χ4v) is 5.26. The molecule has 7 heteroatoms. The standard InChI is InChI=1S/C30H30N4O2S/c1-17-13-21(31)14-18(2)27(17)29(35)33-23-5-9-25(10-6-23)37-26-11-7-24(8-12-26)34-30(36)28-19(3)15-22(32)16-20(28)4/h5-16H,31-32H2,1-4H3,(H,33,35)(H,34,36). The molecule has 0 heterocycles. The van der Waals surface area contributed by atoms with E-state index in [0.29, 0.717) is 22.5 Å². The van der Waals surface area contributed by atoms with Crippen molar-refractivity contribution in [2.24, 2.45) is 0 Å². The molecular weight excluding hydrogens is 480 g/mol. The third-order valence-electron chi connectivity index (χ3n) is 6.02. The highest BCUT2D eigenvalue weighted by atomic mass is 32.2. The van der Waals surface area contributed by atoms with E-state index < -0.39 is 0 Å². The number of rotatable bonds is 6. The van der Waals surface area contributed by atoms with Gasteiger partial charge in [-0.05, 0) is 123 Å². The van der Waals surface area contributed by atoms with Crippen LogP contribution >= 0.6 is 11.8 Å². The number of benzene rings is 4. The smallest absolute Gasteiger partial charge is 0.256 e. The van der Waals surface area contributed by atoms with Crippen LogP contribution in [0, 0.1) is 27.7 Å². The van der Waals surface area contributed by atoms with Crippen LogP contribution < -0.4 is 22.1 Å². The van der Waals surface area contributed by atoms with Gasteiger partial charge in [0.1, 0.15) is 0 Å². The Kier molecular flexibility index (Phi) is 7.55. The summed E-state index contributed by atoms with van der Waals surface area (Å²) in [5.41, 5.74) is 19.2. The number of hydrogen-bond acceptors (Lipinski definition) is 5. The van der Waals surface area contributed by atoms with Crippen LogP contribution in [-0.4, -0.2) is 11.8 Å². The molecule has 0 atom stereocenters. The van der Waals surface area contributed by atoms with Crippen molar-refractivity contribution in [3.05, 3.63) is 106 Å². The average Bonchev–Trinajstić information content (AvgIpc) is 2.80. The SMILES string of the molecule is Cc1cc(N)cc(C)c1C(=O)Nc1ccc(Sc2ccc(NC(=O)c3c(C)cc(N)cc3C)cc2)cc1. The van der Waals surface area contributed by atoms with Gasteiger partial charge in [0, 0.05) is 43.7 Å². The largest absolute Gasteiger partial charge is 0.399 e. The maximum atomic E-state index is 12.8. The summed E-state index contributed by atoms with van der Waals surface area (Å²) >= 11 is 1.60. The Morgan fingerprint density at radius 2 is 0.865 bits per heavy atom. The van der Waals surface area contributed by atoms with Gasteiger partial charge in [0.2, 0.25) is 0 Å². The predicted molar refractivity (Wildman–Crippen MR) is 154 cm³/mol. The monoisotopic (exact) mass is 510 g/mol. The minimum Gasteiger partial charge on any atom is -0.399 e. The average molecular weight is 511 g/mol. The number of aryl methyl sites for hydroxylation is 4. The van der Waals surface area contributed by atoms with Crippen LogP contribution in [0.15, 0.2) is 82.6 Å². The molecule has 0 fully saturated rings. The first-order valence-electron chi connectivity index (χ1n) is 11.8. The van der Waals surface area contributed by atoms with Crippen LogP contribution in [0.2, 0.25) is 0 Å². The van der Waals surface area contributed by atoms with E-state index in [1.54, 1.807) is 36.0 Å². The fourth-order valence-electron chi connectivity index (χ4n) is 4.45. The van der Waals surface area contributed by atoms with Crippen molar-refractivity contribution in [3.8, 4) is 0 Å². The molecule has 0 aromatic heterocycles. The van der Waals surface area contributed by atoms with Gasteiger partial charge < -0.3 is 22.1 Å². The van der Waals surface area contributed by atoms with Gasteiger partial charge in [0.25, 0.3) is 11.8 Å². The maximum Gasteiger partial charge on any atom is 0.256 e. The molecule has 4 rings (SSSR count). The second-order valence-corrected chi connectivity index (χ2v) is 10.3. The zero-order chi connectivity index (χ0) is 26.7. The second-order valence-electron chi connectivity index (χ2n) is 9.12. The van der Waals surface area contributed by atoms with Crippen LogP contribution in [0.25, 0.3) is 0 Å². The van der Waals surface area contributed by atoms with E-state index in [4.69, 9.17) is 11.5 Å². The summed E-state index contributed by atoms with van der Waals surface area (Å²) in [6, 6.07) is 22.6. The second kappa shape index (κ2) is 10.8. The Hall–Kier alpha value is -4.23. The van der Waals surface area contributed by atoms with Crippen LogP contribution in [-0.2, 0) is 0 Å². The van der Waals surface area contributed by atoms with E-state index in [-0.39, 0.29) is 11.8 Å². The Morgan fingerprint density at radius 3 is 1.16 bits per heavy atom.